The molecular formula is C28H31Cl2N3O4S. The summed E-state index contributed by atoms with van der Waals surface area (Å²) in [6.45, 7) is 5.49. The number of sulfonamides is 1. The summed E-state index contributed by atoms with van der Waals surface area (Å²) < 4.78 is 28.5. The van der Waals surface area contributed by atoms with E-state index in [0.717, 1.165) is 21.9 Å². The maximum atomic E-state index is 13.9. The van der Waals surface area contributed by atoms with Crippen LogP contribution in [0.5, 0.6) is 0 Å². The Kier molecular flexibility index (Phi) is 10.2. The van der Waals surface area contributed by atoms with Crippen molar-refractivity contribution in [2.75, 3.05) is 17.4 Å². The Labute approximate surface area is 234 Å². The predicted molar refractivity (Wildman–Crippen MR) is 152 cm³/mol. The number of aryl methyl sites for hydroxylation is 1. The maximum Gasteiger partial charge on any atom is 0.264 e. The van der Waals surface area contributed by atoms with Gasteiger partial charge in [-0.15, -0.1) is 0 Å². The molecule has 0 heterocycles. The molecule has 2 amide bonds. The van der Waals surface area contributed by atoms with Crippen molar-refractivity contribution in [2.45, 2.75) is 44.7 Å². The fraction of sp³-hybridized carbons (Fsp3) is 0.286. The molecule has 1 N–H and O–H groups in total. The molecule has 0 aromatic heterocycles. The number of hydrogen-bond donors (Lipinski definition) is 1. The Bertz CT molecular complexity index is 1370. The minimum absolute atomic E-state index is 0.000273. The Hall–Kier alpha value is -3.07. The molecule has 0 saturated carbocycles. The van der Waals surface area contributed by atoms with E-state index in [4.69, 9.17) is 23.2 Å². The summed E-state index contributed by atoms with van der Waals surface area (Å²) in [5.74, 6) is -0.897. The van der Waals surface area contributed by atoms with Gasteiger partial charge >= 0.3 is 0 Å². The molecule has 0 aliphatic carbocycles. The van der Waals surface area contributed by atoms with E-state index in [0.29, 0.717) is 6.54 Å². The standard InChI is InChI=1S/C28H31Cl2N3O4S/c1-4-17-31-28(35)21(3)32(18-22-15-13-20(2)14-16-22)26(34)19-33(25-12-8-11-24(29)27(25)30)38(36,37)23-9-6-5-7-10-23/h5-16,21H,4,17-19H2,1-3H3,(H,31,35). The second-order valence-electron chi connectivity index (χ2n) is 8.87. The zero-order chi connectivity index (χ0) is 27.9. The van der Waals surface area contributed by atoms with Gasteiger partial charge in [0.15, 0.2) is 0 Å². The first-order valence-electron chi connectivity index (χ1n) is 12.2. The molecule has 7 nitrogen and oxygen atoms in total. The Morgan fingerprint density at radius 3 is 2.24 bits per heavy atom. The average molecular weight is 577 g/mol. The highest BCUT2D eigenvalue weighted by Crippen LogP contribution is 2.35. The van der Waals surface area contributed by atoms with Gasteiger partial charge in [0.25, 0.3) is 10.0 Å². The lowest BCUT2D eigenvalue weighted by Crippen LogP contribution is -2.51. The van der Waals surface area contributed by atoms with Crippen molar-refractivity contribution in [1.29, 1.82) is 0 Å². The van der Waals surface area contributed by atoms with Crippen LogP contribution in [0, 0.1) is 6.92 Å². The summed E-state index contributed by atoms with van der Waals surface area (Å²) in [5, 5.41) is 2.96. The van der Waals surface area contributed by atoms with Crippen LogP contribution in [0.4, 0.5) is 5.69 Å². The van der Waals surface area contributed by atoms with Crippen molar-refractivity contribution in [2.24, 2.45) is 0 Å². The zero-order valence-electron chi connectivity index (χ0n) is 21.5. The monoisotopic (exact) mass is 575 g/mol. The molecule has 1 unspecified atom stereocenters. The number of benzene rings is 3. The van der Waals surface area contributed by atoms with Gasteiger partial charge in [-0.1, -0.05) is 84.2 Å². The molecule has 0 fully saturated rings. The number of halogens is 2. The third kappa shape index (κ3) is 7.07. The van der Waals surface area contributed by atoms with Crippen LogP contribution in [-0.4, -0.2) is 44.3 Å². The Morgan fingerprint density at radius 2 is 1.61 bits per heavy atom. The maximum absolute atomic E-state index is 13.9. The molecule has 0 aliphatic rings. The van der Waals surface area contributed by atoms with E-state index in [1.54, 1.807) is 31.2 Å². The van der Waals surface area contributed by atoms with Gasteiger partial charge in [-0.2, -0.15) is 0 Å². The molecule has 0 spiro atoms. The summed E-state index contributed by atoms with van der Waals surface area (Å²) in [4.78, 5) is 28.1. The lowest BCUT2D eigenvalue weighted by molar-refractivity contribution is -0.139. The molecule has 3 aromatic rings. The second kappa shape index (κ2) is 13.1. The van der Waals surface area contributed by atoms with E-state index >= 15 is 0 Å². The molecule has 3 aromatic carbocycles. The number of amides is 2. The first-order chi connectivity index (χ1) is 18.1. The zero-order valence-corrected chi connectivity index (χ0v) is 23.9. The van der Waals surface area contributed by atoms with Crippen molar-refractivity contribution >= 4 is 50.7 Å². The van der Waals surface area contributed by atoms with Crippen LogP contribution in [0.15, 0.2) is 77.7 Å². The molecule has 0 bridgehead atoms. The van der Waals surface area contributed by atoms with E-state index in [9.17, 15) is 18.0 Å². The third-order valence-corrected chi connectivity index (χ3v) is 8.58. The van der Waals surface area contributed by atoms with Crippen molar-refractivity contribution in [3.05, 3.63) is 94.0 Å². The quantitative estimate of drug-likeness (QED) is 0.330. The molecule has 3 rings (SSSR count). The smallest absolute Gasteiger partial charge is 0.264 e. The van der Waals surface area contributed by atoms with Crippen molar-refractivity contribution in [1.82, 2.24) is 10.2 Å². The lowest BCUT2D eigenvalue weighted by Gasteiger charge is -2.32. The minimum Gasteiger partial charge on any atom is -0.354 e. The number of nitrogens with one attached hydrogen (secondary N) is 1. The predicted octanol–water partition coefficient (Wildman–Crippen LogP) is 5.44. The normalized spacial score (nSPS) is 12.0. The SMILES string of the molecule is CCCNC(=O)C(C)N(Cc1ccc(C)cc1)C(=O)CN(c1cccc(Cl)c1Cl)S(=O)(=O)c1ccccc1. The Balaban J connectivity index is 2.04. The van der Waals surface area contributed by atoms with Gasteiger partial charge < -0.3 is 10.2 Å². The fourth-order valence-electron chi connectivity index (χ4n) is 3.79. The van der Waals surface area contributed by atoms with E-state index in [2.05, 4.69) is 5.32 Å². The van der Waals surface area contributed by atoms with Crippen LogP contribution in [-0.2, 0) is 26.2 Å². The van der Waals surface area contributed by atoms with Gasteiger partial charge in [-0.05, 0) is 50.1 Å². The number of rotatable bonds is 11. The van der Waals surface area contributed by atoms with Crippen LogP contribution in [0.25, 0.3) is 0 Å². The van der Waals surface area contributed by atoms with Gasteiger partial charge in [0.05, 0.1) is 20.6 Å². The number of anilines is 1. The number of carbonyl (C=O) groups excluding carboxylic acids is 2. The van der Waals surface area contributed by atoms with E-state index in [1.807, 2.05) is 38.1 Å². The first-order valence-corrected chi connectivity index (χ1v) is 14.4. The summed E-state index contributed by atoms with van der Waals surface area (Å²) in [6, 6.07) is 19.1. The van der Waals surface area contributed by atoms with Gasteiger partial charge in [-0.25, -0.2) is 8.42 Å². The number of nitrogens with zero attached hydrogens (tertiary/aromatic N) is 2. The molecule has 38 heavy (non-hydrogen) atoms. The van der Waals surface area contributed by atoms with Crippen molar-refractivity contribution in [3.63, 3.8) is 0 Å². The van der Waals surface area contributed by atoms with Crippen molar-refractivity contribution in [3.8, 4) is 0 Å². The number of hydrogen-bond acceptors (Lipinski definition) is 4. The van der Waals surface area contributed by atoms with Gasteiger partial charge in [0, 0.05) is 13.1 Å². The molecular weight excluding hydrogens is 545 g/mol. The summed E-state index contributed by atoms with van der Waals surface area (Å²) in [6.07, 6.45) is 0.737. The van der Waals surface area contributed by atoms with Gasteiger partial charge in [0.2, 0.25) is 11.8 Å². The fourth-order valence-corrected chi connectivity index (χ4v) is 5.68. The average Bonchev–Trinajstić information content (AvgIpc) is 2.91. The minimum atomic E-state index is -4.22. The van der Waals surface area contributed by atoms with E-state index < -0.39 is 28.5 Å². The first kappa shape index (κ1) is 29.5. The largest absolute Gasteiger partial charge is 0.354 e. The lowest BCUT2D eigenvalue weighted by atomic mass is 10.1. The molecule has 0 aliphatic heterocycles. The number of carbonyl (C=O) groups is 2. The Morgan fingerprint density at radius 1 is 0.947 bits per heavy atom. The highest BCUT2D eigenvalue weighted by molar-refractivity contribution is 7.92. The summed E-state index contributed by atoms with van der Waals surface area (Å²) in [7, 11) is -4.22. The van der Waals surface area contributed by atoms with Crippen LogP contribution >= 0.6 is 23.2 Å². The molecule has 202 valence electrons. The summed E-state index contributed by atoms with van der Waals surface area (Å²) >= 11 is 12.6. The molecule has 0 radical (unpaired) electrons. The molecule has 0 saturated heterocycles. The highest BCUT2D eigenvalue weighted by Gasteiger charge is 2.33. The highest BCUT2D eigenvalue weighted by atomic mass is 35.5. The topological polar surface area (TPSA) is 86.8 Å². The molecule has 10 heteroatoms. The van der Waals surface area contributed by atoms with Crippen molar-refractivity contribution < 1.29 is 18.0 Å². The van der Waals surface area contributed by atoms with Gasteiger partial charge in [-0.3, -0.25) is 13.9 Å². The van der Waals surface area contributed by atoms with Crippen LogP contribution in [0.2, 0.25) is 10.0 Å². The third-order valence-electron chi connectivity index (χ3n) is 6.00. The van der Waals surface area contributed by atoms with Crippen LogP contribution in [0.1, 0.15) is 31.4 Å². The van der Waals surface area contributed by atoms with E-state index in [1.165, 1.54) is 29.2 Å². The summed E-state index contributed by atoms with van der Waals surface area (Å²) in [5.41, 5.74) is 1.92. The van der Waals surface area contributed by atoms with Crippen LogP contribution in [0.3, 0.4) is 0 Å². The second-order valence-corrected chi connectivity index (χ2v) is 11.5. The van der Waals surface area contributed by atoms with Gasteiger partial charge in [0.1, 0.15) is 12.6 Å². The van der Waals surface area contributed by atoms with Crippen LogP contribution < -0.4 is 9.62 Å². The van der Waals surface area contributed by atoms with E-state index in [-0.39, 0.29) is 33.1 Å². The molecule has 1 atom stereocenters.